The summed E-state index contributed by atoms with van der Waals surface area (Å²) >= 11 is 0. The number of carbonyl (C=O) groups is 2. The van der Waals surface area contributed by atoms with E-state index in [1.165, 1.54) is 6.07 Å². The van der Waals surface area contributed by atoms with Crippen molar-refractivity contribution in [3.05, 3.63) is 88.6 Å². The lowest BCUT2D eigenvalue weighted by Gasteiger charge is -2.43. The van der Waals surface area contributed by atoms with Gasteiger partial charge in [0.15, 0.2) is 11.6 Å². The molecule has 0 radical (unpaired) electrons. The molecule has 2 unspecified atom stereocenters. The maximum Gasteiger partial charge on any atom is 0.238 e. The van der Waals surface area contributed by atoms with Crippen LogP contribution in [0.4, 0.5) is 20.3 Å². The average Bonchev–Trinajstić information content (AvgIpc) is 3.38. The zero-order chi connectivity index (χ0) is 26.7. The molecule has 3 heterocycles. The molecule has 2 aliphatic heterocycles. The third kappa shape index (κ3) is 4.26. The Morgan fingerprint density at radius 1 is 1.11 bits per heavy atom. The van der Waals surface area contributed by atoms with E-state index >= 15 is 0 Å². The second-order valence-electron chi connectivity index (χ2n) is 11.6. The van der Waals surface area contributed by atoms with E-state index in [4.69, 9.17) is 0 Å². The number of piperidine rings is 1. The molecule has 1 spiro atoms. The molecule has 1 aliphatic carbocycles. The summed E-state index contributed by atoms with van der Waals surface area (Å²) < 4.78 is 27.5. The fraction of sp³-hybridized carbons (Fsp3) is 0.367. The van der Waals surface area contributed by atoms with Crippen molar-refractivity contribution in [2.75, 3.05) is 23.7 Å². The van der Waals surface area contributed by atoms with Crippen LogP contribution in [0, 0.1) is 17.0 Å². The molecular formula is C30H30F2N4O2. The van der Waals surface area contributed by atoms with Gasteiger partial charge < -0.3 is 10.6 Å². The van der Waals surface area contributed by atoms with Gasteiger partial charge in [-0.2, -0.15) is 0 Å². The Morgan fingerprint density at radius 2 is 1.92 bits per heavy atom. The summed E-state index contributed by atoms with van der Waals surface area (Å²) in [6.07, 6.45) is 4.50. The van der Waals surface area contributed by atoms with Crippen LogP contribution in [0.15, 0.2) is 54.7 Å². The zero-order valence-corrected chi connectivity index (χ0v) is 21.5. The first-order valence-electron chi connectivity index (χ1n) is 13.0. The third-order valence-corrected chi connectivity index (χ3v) is 8.31. The Morgan fingerprint density at radius 3 is 2.74 bits per heavy atom. The summed E-state index contributed by atoms with van der Waals surface area (Å²) in [6.45, 7) is 5.11. The van der Waals surface area contributed by atoms with Crippen LogP contribution in [-0.2, 0) is 27.8 Å². The van der Waals surface area contributed by atoms with E-state index in [1.54, 1.807) is 12.3 Å². The molecule has 2 aromatic carbocycles. The molecule has 8 heteroatoms. The van der Waals surface area contributed by atoms with Crippen LogP contribution < -0.4 is 10.6 Å². The monoisotopic (exact) mass is 516 g/mol. The number of halogens is 2. The molecule has 2 N–H and O–H groups in total. The molecule has 1 aromatic heterocycles. The molecule has 2 atom stereocenters. The van der Waals surface area contributed by atoms with E-state index in [1.807, 2.05) is 30.3 Å². The highest BCUT2D eigenvalue weighted by Gasteiger charge is 2.51. The van der Waals surface area contributed by atoms with Crippen LogP contribution in [-0.4, -0.2) is 34.8 Å². The Bertz CT molecular complexity index is 1460. The van der Waals surface area contributed by atoms with Gasteiger partial charge >= 0.3 is 0 Å². The molecule has 3 aromatic rings. The number of anilines is 2. The number of hydrogen-bond acceptors (Lipinski definition) is 4. The number of pyridine rings is 1. The van der Waals surface area contributed by atoms with Crippen molar-refractivity contribution in [3.8, 4) is 0 Å². The Balaban J connectivity index is 1.19. The maximum atomic E-state index is 14.0. The predicted octanol–water partition coefficient (Wildman–Crippen LogP) is 5.15. The number of aromatic nitrogens is 1. The maximum absolute atomic E-state index is 14.0. The molecule has 0 bridgehead atoms. The fourth-order valence-electron chi connectivity index (χ4n) is 6.44. The number of likely N-dealkylation sites (tertiary alicyclic amines) is 1. The van der Waals surface area contributed by atoms with Gasteiger partial charge in [0.2, 0.25) is 11.8 Å². The topological polar surface area (TPSA) is 74.3 Å². The second-order valence-corrected chi connectivity index (χ2v) is 11.6. The van der Waals surface area contributed by atoms with Crippen molar-refractivity contribution in [2.24, 2.45) is 5.41 Å². The number of hydrogen-bond donors (Lipinski definition) is 2. The lowest BCUT2D eigenvalue weighted by Crippen LogP contribution is -2.45. The first kappa shape index (κ1) is 24.7. The Kier molecular flexibility index (Phi) is 5.83. The molecule has 196 valence electrons. The molecule has 6 nitrogen and oxygen atoms in total. The number of carbonyl (C=O) groups excluding carboxylic acids is 2. The first-order chi connectivity index (χ1) is 18.1. The van der Waals surface area contributed by atoms with Gasteiger partial charge in [-0.05, 0) is 78.1 Å². The number of nitrogens with one attached hydrogen (secondary N) is 2. The van der Waals surface area contributed by atoms with E-state index < -0.39 is 17.0 Å². The van der Waals surface area contributed by atoms with E-state index in [-0.39, 0.29) is 29.8 Å². The number of rotatable bonds is 4. The smallest absolute Gasteiger partial charge is 0.238 e. The predicted molar refractivity (Wildman–Crippen MR) is 141 cm³/mol. The van der Waals surface area contributed by atoms with Crippen molar-refractivity contribution in [1.29, 1.82) is 0 Å². The van der Waals surface area contributed by atoms with Gasteiger partial charge in [-0.1, -0.05) is 32.0 Å². The van der Waals surface area contributed by atoms with E-state index in [9.17, 15) is 18.4 Å². The zero-order valence-electron chi connectivity index (χ0n) is 21.5. The molecule has 1 saturated heterocycles. The molecule has 3 aliphatic rings. The van der Waals surface area contributed by atoms with Gasteiger partial charge in [0, 0.05) is 30.0 Å². The molecule has 38 heavy (non-hydrogen) atoms. The lowest BCUT2D eigenvalue weighted by atomic mass is 9.79. The van der Waals surface area contributed by atoms with E-state index in [0.717, 1.165) is 35.6 Å². The van der Waals surface area contributed by atoms with Gasteiger partial charge in [0.1, 0.15) is 5.82 Å². The number of amides is 2. The summed E-state index contributed by atoms with van der Waals surface area (Å²) in [7, 11) is 0. The largest absolute Gasteiger partial charge is 0.325 e. The number of nitrogens with zero attached hydrogens (tertiary/aromatic N) is 2. The van der Waals surface area contributed by atoms with E-state index in [2.05, 4.69) is 34.4 Å². The van der Waals surface area contributed by atoms with Crippen LogP contribution in [0.25, 0.3) is 0 Å². The van der Waals surface area contributed by atoms with Crippen LogP contribution in [0.5, 0.6) is 0 Å². The van der Waals surface area contributed by atoms with Gasteiger partial charge in [-0.25, -0.2) is 13.8 Å². The van der Waals surface area contributed by atoms with Crippen molar-refractivity contribution in [3.63, 3.8) is 0 Å². The van der Waals surface area contributed by atoms with Crippen LogP contribution in [0.2, 0.25) is 0 Å². The van der Waals surface area contributed by atoms with Crippen molar-refractivity contribution in [2.45, 2.75) is 51.0 Å². The van der Waals surface area contributed by atoms with Gasteiger partial charge in [0.05, 0.1) is 12.0 Å². The summed E-state index contributed by atoms with van der Waals surface area (Å²) in [6, 6.07) is 13.5. The summed E-state index contributed by atoms with van der Waals surface area (Å²) in [5, 5.41) is 5.94. The van der Waals surface area contributed by atoms with Crippen molar-refractivity contribution < 1.29 is 18.4 Å². The van der Waals surface area contributed by atoms with Crippen molar-refractivity contribution in [1.82, 2.24) is 9.88 Å². The summed E-state index contributed by atoms with van der Waals surface area (Å²) in [5.41, 5.74) is 3.74. The molecule has 1 fully saturated rings. The average molecular weight is 517 g/mol. The molecule has 0 saturated carbocycles. The molecular weight excluding hydrogens is 486 g/mol. The van der Waals surface area contributed by atoms with Gasteiger partial charge in [-0.15, -0.1) is 0 Å². The Labute approximate surface area is 220 Å². The lowest BCUT2D eigenvalue weighted by molar-refractivity contribution is -0.120. The highest BCUT2D eigenvalue weighted by molar-refractivity contribution is 6.06. The minimum Gasteiger partial charge on any atom is -0.325 e. The van der Waals surface area contributed by atoms with Crippen LogP contribution >= 0.6 is 0 Å². The molecule has 2 amide bonds. The normalized spacial score (nSPS) is 23.7. The second kappa shape index (κ2) is 8.98. The molecule has 6 rings (SSSR count). The number of fused-ring (bicyclic) bond motifs is 3. The minimum atomic E-state index is -0.873. The third-order valence-electron chi connectivity index (χ3n) is 8.31. The quantitative estimate of drug-likeness (QED) is 0.503. The Hall–Kier alpha value is -3.65. The van der Waals surface area contributed by atoms with Gasteiger partial charge in [0.25, 0.3) is 0 Å². The highest BCUT2D eigenvalue weighted by atomic mass is 19.2. The first-order valence-corrected chi connectivity index (χ1v) is 13.0. The number of benzene rings is 2. The summed E-state index contributed by atoms with van der Waals surface area (Å²) in [5.74, 6) is -1.33. The standard InChI is InChI=1S/C30H30F2N4O2/c1-29(2)10-9-25(18-6-8-23(31)24(32)13-18)36(17-29)16-26(37)34-21-7-5-19-14-30(15-20(19)12-21)22-4-3-11-33-27(22)35-28(30)38/h3-8,11-13,25H,9-10,14-17H2,1-2H3,(H,34,37)(H,33,35,38). The van der Waals surface area contributed by atoms with Crippen LogP contribution in [0.1, 0.15) is 55.0 Å². The highest BCUT2D eigenvalue weighted by Crippen LogP contribution is 2.47. The van der Waals surface area contributed by atoms with E-state index in [0.29, 0.717) is 36.5 Å². The van der Waals surface area contributed by atoms with Crippen molar-refractivity contribution >= 4 is 23.3 Å². The van der Waals surface area contributed by atoms with Crippen LogP contribution in [0.3, 0.4) is 0 Å². The minimum absolute atomic E-state index is 0.00421. The SMILES string of the molecule is CC1(C)CCC(c2ccc(F)c(F)c2)N(CC(=O)Nc2ccc3c(c2)CC2(C3)C(=O)Nc3ncccc32)C1. The summed E-state index contributed by atoms with van der Waals surface area (Å²) in [4.78, 5) is 32.5. The van der Waals surface area contributed by atoms with Gasteiger partial charge in [-0.3, -0.25) is 14.5 Å². The fourth-order valence-corrected chi connectivity index (χ4v) is 6.44.